The molecule has 0 amide bonds. The van der Waals surface area contributed by atoms with Crippen LogP contribution in [0.25, 0.3) is 17.0 Å². The number of rotatable bonds is 6. The van der Waals surface area contributed by atoms with E-state index in [4.69, 9.17) is 4.74 Å². The molecule has 206 valence electrons. The largest absolute Gasteiger partial charge is 0.463 e. The number of carbonyl (C=O) groups excluding carboxylic acids is 1. The summed E-state index contributed by atoms with van der Waals surface area (Å²) in [5, 5.41) is 0.952. The summed E-state index contributed by atoms with van der Waals surface area (Å²) in [6.07, 6.45) is 3.81. The molecule has 1 atom stereocenters. The second kappa shape index (κ2) is 10.8. The van der Waals surface area contributed by atoms with Gasteiger partial charge in [-0.3, -0.25) is 9.36 Å². The molecule has 6 nitrogen and oxygen atoms in total. The molecule has 6 rings (SSSR count). The van der Waals surface area contributed by atoms with Crippen LogP contribution in [0.2, 0.25) is 0 Å². The molecule has 41 heavy (non-hydrogen) atoms. The molecule has 0 spiro atoms. The van der Waals surface area contributed by atoms with Crippen molar-refractivity contribution in [1.29, 1.82) is 0 Å². The first kappa shape index (κ1) is 26.7. The van der Waals surface area contributed by atoms with Gasteiger partial charge >= 0.3 is 5.97 Å². The number of thiazole rings is 1. The molecular weight excluding hydrogens is 537 g/mol. The Morgan fingerprint density at radius 3 is 2.54 bits per heavy atom. The summed E-state index contributed by atoms with van der Waals surface area (Å²) >= 11 is 1.29. The maximum Gasteiger partial charge on any atom is 0.338 e. The van der Waals surface area contributed by atoms with E-state index < -0.39 is 12.0 Å². The van der Waals surface area contributed by atoms with Crippen LogP contribution in [0.1, 0.15) is 42.1 Å². The Labute approximate surface area is 240 Å². The van der Waals surface area contributed by atoms with Crippen molar-refractivity contribution in [2.75, 3.05) is 6.61 Å². The van der Waals surface area contributed by atoms with Crippen molar-refractivity contribution < 1.29 is 13.9 Å². The molecule has 0 fully saturated rings. The summed E-state index contributed by atoms with van der Waals surface area (Å²) in [6.45, 7) is 6.11. The molecule has 3 heterocycles. The summed E-state index contributed by atoms with van der Waals surface area (Å²) < 4.78 is 23.9. The number of hydrogen-bond donors (Lipinski definition) is 0. The molecule has 1 aliphatic rings. The molecular formula is C33H28FN3O3S. The zero-order valence-electron chi connectivity index (χ0n) is 22.9. The minimum atomic E-state index is -0.657. The fraction of sp³-hybridized carbons (Fsp3) is 0.182. The van der Waals surface area contributed by atoms with E-state index in [1.54, 1.807) is 30.5 Å². The molecule has 8 heteroatoms. The van der Waals surface area contributed by atoms with Crippen LogP contribution in [0.15, 0.2) is 100 Å². The predicted molar refractivity (Wildman–Crippen MR) is 159 cm³/mol. The zero-order valence-corrected chi connectivity index (χ0v) is 23.7. The highest BCUT2D eigenvalue weighted by Crippen LogP contribution is 2.31. The van der Waals surface area contributed by atoms with E-state index >= 15 is 0 Å². The van der Waals surface area contributed by atoms with Gasteiger partial charge in [0.05, 0.1) is 35.0 Å². The van der Waals surface area contributed by atoms with Crippen LogP contribution < -0.4 is 14.9 Å². The van der Waals surface area contributed by atoms with E-state index in [0.717, 1.165) is 27.6 Å². The Morgan fingerprint density at radius 1 is 1.05 bits per heavy atom. The average Bonchev–Trinajstić information content (AvgIpc) is 3.46. The van der Waals surface area contributed by atoms with Crippen LogP contribution in [0.5, 0.6) is 0 Å². The molecule has 5 aromatic rings. The Morgan fingerprint density at radius 2 is 1.78 bits per heavy atom. The number of halogens is 1. The highest BCUT2D eigenvalue weighted by Gasteiger charge is 2.33. The smallest absolute Gasteiger partial charge is 0.338 e. The Kier molecular flexibility index (Phi) is 7.01. The highest BCUT2D eigenvalue weighted by molar-refractivity contribution is 7.07. The lowest BCUT2D eigenvalue weighted by Crippen LogP contribution is -2.39. The lowest BCUT2D eigenvalue weighted by Gasteiger charge is -2.24. The van der Waals surface area contributed by atoms with Gasteiger partial charge in [0.15, 0.2) is 4.80 Å². The number of benzene rings is 3. The van der Waals surface area contributed by atoms with Crippen molar-refractivity contribution in [2.45, 2.75) is 33.4 Å². The van der Waals surface area contributed by atoms with E-state index in [1.807, 2.05) is 78.4 Å². The van der Waals surface area contributed by atoms with Gasteiger partial charge < -0.3 is 9.30 Å². The number of carbonyl (C=O) groups is 1. The van der Waals surface area contributed by atoms with Gasteiger partial charge in [-0.2, -0.15) is 0 Å². The van der Waals surface area contributed by atoms with Crippen LogP contribution in [-0.4, -0.2) is 21.7 Å². The first-order valence-electron chi connectivity index (χ1n) is 13.4. The first-order valence-corrected chi connectivity index (χ1v) is 14.2. The van der Waals surface area contributed by atoms with Gasteiger partial charge in [-0.15, -0.1) is 0 Å². The zero-order chi connectivity index (χ0) is 28.7. The maximum atomic E-state index is 14.5. The normalized spacial score (nSPS) is 15.2. The van der Waals surface area contributed by atoms with E-state index in [9.17, 15) is 14.0 Å². The standard InChI is InChI=1S/C33H28FN3O3S/c1-4-40-32(39)29-21(3)35-33-37(30(29)22-15-13-20(2)14-16-22)31(38)28(41-33)17-24-19-36(27-12-8-6-10-25(24)27)18-23-9-5-7-11-26(23)34/h5-17,19,30H,4,18H2,1-3H3/b28-17-/t30-/m0/s1. The molecule has 1 aliphatic heterocycles. The molecule has 0 saturated heterocycles. The number of hydrogen-bond acceptors (Lipinski definition) is 5. The summed E-state index contributed by atoms with van der Waals surface area (Å²) in [4.78, 5) is 32.3. The average molecular weight is 566 g/mol. The SMILES string of the molecule is CCOC(=O)C1=C(C)N=c2s/c(=C\c3cn(Cc4ccccc4F)c4ccccc34)c(=O)n2[C@H]1c1ccc(C)cc1. The molecule has 0 radical (unpaired) electrons. The van der Waals surface area contributed by atoms with Gasteiger partial charge in [-0.25, -0.2) is 14.2 Å². The van der Waals surface area contributed by atoms with Gasteiger partial charge in [0.1, 0.15) is 5.82 Å². The van der Waals surface area contributed by atoms with E-state index in [0.29, 0.717) is 32.7 Å². The number of nitrogens with zero attached hydrogens (tertiary/aromatic N) is 3. The summed E-state index contributed by atoms with van der Waals surface area (Å²) in [7, 11) is 0. The van der Waals surface area contributed by atoms with Gasteiger partial charge in [0, 0.05) is 28.2 Å². The minimum absolute atomic E-state index is 0.220. The lowest BCUT2D eigenvalue weighted by molar-refractivity contribution is -0.139. The third-order valence-electron chi connectivity index (χ3n) is 7.31. The monoisotopic (exact) mass is 565 g/mol. The van der Waals surface area contributed by atoms with Gasteiger partial charge in [-0.05, 0) is 44.5 Å². The highest BCUT2D eigenvalue weighted by atomic mass is 32.1. The van der Waals surface area contributed by atoms with Crippen LogP contribution >= 0.6 is 11.3 Å². The minimum Gasteiger partial charge on any atom is -0.463 e. The van der Waals surface area contributed by atoms with Crippen LogP contribution in [0, 0.1) is 12.7 Å². The molecule has 2 aromatic heterocycles. The lowest BCUT2D eigenvalue weighted by atomic mass is 9.95. The Balaban J connectivity index is 1.52. The molecule has 0 bridgehead atoms. The number of aryl methyl sites for hydroxylation is 1. The summed E-state index contributed by atoms with van der Waals surface area (Å²) in [5.74, 6) is -0.742. The quantitative estimate of drug-likeness (QED) is 0.264. The second-order valence-corrected chi connectivity index (χ2v) is 11.0. The number of allylic oxidation sites excluding steroid dienone is 1. The molecule has 0 N–H and O–H groups in total. The molecule has 3 aromatic carbocycles. The fourth-order valence-electron chi connectivity index (χ4n) is 5.33. The van der Waals surface area contributed by atoms with Crippen LogP contribution in [-0.2, 0) is 16.1 Å². The number of para-hydroxylation sites is 1. The maximum absolute atomic E-state index is 14.5. The van der Waals surface area contributed by atoms with Gasteiger partial charge in [-0.1, -0.05) is 77.6 Å². The third-order valence-corrected chi connectivity index (χ3v) is 8.30. The molecule has 0 saturated carbocycles. The molecule has 0 aliphatic carbocycles. The van der Waals surface area contributed by atoms with Crippen LogP contribution in [0.3, 0.4) is 0 Å². The topological polar surface area (TPSA) is 65.6 Å². The summed E-state index contributed by atoms with van der Waals surface area (Å²) in [6, 6.07) is 21.7. The van der Waals surface area contributed by atoms with Crippen molar-refractivity contribution in [3.05, 3.63) is 138 Å². The first-order chi connectivity index (χ1) is 19.9. The van der Waals surface area contributed by atoms with E-state index in [-0.39, 0.29) is 18.0 Å². The third kappa shape index (κ3) is 4.85. The number of esters is 1. The van der Waals surface area contributed by atoms with E-state index in [2.05, 4.69) is 4.99 Å². The fourth-order valence-corrected chi connectivity index (χ4v) is 6.37. The Bertz CT molecular complexity index is 2020. The molecule has 0 unspecified atom stereocenters. The van der Waals surface area contributed by atoms with Crippen molar-refractivity contribution >= 4 is 34.3 Å². The van der Waals surface area contributed by atoms with Gasteiger partial charge in [0.25, 0.3) is 5.56 Å². The summed E-state index contributed by atoms with van der Waals surface area (Å²) in [5.41, 5.74) is 4.90. The number of ether oxygens (including phenoxy) is 1. The second-order valence-electron chi connectivity index (χ2n) is 10.0. The van der Waals surface area contributed by atoms with Crippen molar-refractivity contribution in [3.8, 4) is 0 Å². The van der Waals surface area contributed by atoms with Crippen molar-refractivity contribution in [1.82, 2.24) is 9.13 Å². The van der Waals surface area contributed by atoms with E-state index in [1.165, 1.54) is 17.4 Å². The van der Waals surface area contributed by atoms with Crippen molar-refractivity contribution in [2.24, 2.45) is 4.99 Å². The predicted octanol–water partition coefficient (Wildman–Crippen LogP) is 5.25. The van der Waals surface area contributed by atoms with Gasteiger partial charge in [0.2, 0.25) is 0 Å². The number of aromatic nitrogens is 2. The Hall–Kier alpha value is -4.56. The van der Waals surface area contributed by atoms with Crippen LogP contribution in [0.4, 0.5) is 4.39 Å². The van der Waals surface area contributed by atoms with Crippen molar-refractivity contribution in [3.63, 3.8) is 0 Å². The number of fused-ring (bicyclic) bond motifs is 2.